The highest BCUT2D eigenvalue weighted by Crippen LogP contribution is 2.21. The van der Waals surface area contributed by atoms with Crippen molar-refractivity contribution in [1.82, 2.24) is 15.5 Å². The summed E-state index contributed by atoms with van der Waals surface area (Å²) in [5, 5.41) is 6.53. The number of likely N-dealkylation sites (tertiary alicyclic amines) is 1. The second kappa shape index (κ2) is 11.5. The number of nitrogens with one attached hydrogen (secondary N) is 2. The predicted molar refractivity (Wildman–Crippen MR) is 102 cm³/mol. The van der Waals surface area contributed by atoms with Crippen LogP contribution in [0.3, 0.4) is 0 Å². The molecule has 0 bridgehead atoms. The molecule has 2 aliphatic rings. The van der Waals surface area contributed by atoms with Crippen molar-refractivity contribution in [2.75, 3.05) is 26.2 Å². The number of nitrogens with zero attached hydrogens (tertiary/aromatic N) is 1. The molecule has 0 aliphatic carbocycles. The van der Waals surface area contributed by atoms with E-state index in [9.17, 15) is 4.79 Å². The second-order valence-corrected chi connectivity index (χ2v) is 7.28. The molecular weight excluding hydrogens is 333 g/mol. The molecule has 2 atom stereocenters. The topological polar surface area (TPSA) is 44.4 Å². The molecule has 1 amide bonds. The summed E-state index contributed by atoms with van der Waals surface area (Å²) in [6, 6.07) is 0.512. The van der Waals surface area contributed by atoms with E-state index in [0.29, 0.717) is 12.0 Å². The number of halogens is 2. The van der Waals surface area contributed by atoms with Crippen LogP contribution in [0, 0.1) is 11.8 Å². The second-order valence-electron chi connectivity index (χ2n) is 7.28. The number of carbonyl (C=O) groups is 1. The van der Waals surface area contributed by atoms with E-state index in [4.69, 9.17) is 0 Å². The SMILES string of the molecule is CC1CCN(C(CNC(=O)C2CCCCN2)C(C)C)CC1.Cl.Cl. The van der Waals surface area contributed by atoms with Gasteiger partial charge in [-0.1, -0.05) is 27.2 Å². The molecule has 0 saturated carbocycles. The Morgan fingerprint density at radius 3 is 2.35 bits per heavy atom. The lowest BCUT2D eigenvalue weighted by Crippen LogP contribution is -2.53. The van der Waals surface area contributed by atoms with Gasteiger partial charge in [-0.15, -0.1) is 24.8 Å². The number of hydrogen-bond donors (Lipinski definition) is 2. The molecule has 0 aromatic rings. The molecular formula is C17H35Cl2N3O. The average molecular weight is 368 g/mol. The van der Waals surface area contributed by atoms with E-state index < -0.39 is 0 Å². The molecule has 2 fully saturated rings. The fourth-order valence-electron chi connectivity index (χ4n) is 3.55. The van der Waals surface area contributed by atoms with Crippen LogP contribution in [0.4, 0.5) is 0 Å². The standard InChI is InChI=1S/C17H33N3O.2ClH/c1-13(2)16(20-10-7-14(3)8-11-20)12-19-17(21)15-6-4-5-9-18-15;;/h13-16,18H,4-12H2,1-3H3,(H,19,21);2*1H. The van der Waals surface area contributed by atoms with Crippen molar-refractivity contribution >= 4 is 30.7 Å². The molecule has 2 saturated heterocycles. The van der Waals surface area contributed by atoms with Crippen LogP contribution in [0.5, 0.6) is 0 Å². The molecule has 4 nitrogen and oxygen atoms in total. The van der Waals surface area contributed by atoms with Crippen molar-refractivity contribution in [1.29, 1.82) is 0 Å². The first kappa shape index (κ1) is 23.0. The van der Waals surface area contributed by atoms with Crippen molar-refractivity contribution in [2.45, 2.75) is 65.0 Å². The molecule has 2 unspecified atom stereocenters. The van der Waals surface area contributed by atoms with Crippen LogP contribution < -0.4 is 10.6 Å². The van der Waals surface area contributed by atoms with Crippen LogP contribution in [0.1, 0.15) is 52.9 Å². The summed E-state index contributed by atoms with van der Waals surface area (Å²) in [5.41, 5.74) is 0. The van der Waals surface area contributed by atoms with E-state index in [1.165, 1.54) is 38.8 Å². The number of piperidine rings is 2. The van der Waals surface area contributed by atoms with Crippen molar-refractivity contribution in [2.24, 2.45) is 11.8 Å². The molecule has 0 aromatic heterocycles. The highest BCUT2D eigenvalue weighted by Gasteiger charge is 2.27. The van der Waals surface area contributed by atoms with Gasteiger partial charge in [0.15, 0.2) is 0 Å². The van der Waals surface area contributed by atoms with Gasteiger partial charge in [0.05, 0.1) is 6.04 Å². The van der Waals surface area contributed by atoms with E-state index >= 15 is 0 Å². The van der Waals surface area contributed by atoms with Crippen LogP contribution in [-0.2, 0) is 4.79 Å². The fourth-order valence-corrected chi connectivity index (χ4v) is 3.55. The largest absolute Gasteiger partial charge is 0.353 e. The lowest BCUT2D eigenvalue weighted by Gasteiger charge is -2.39. The summed E-state index contributed by atoms with van der Waals surface area (Å²) < 4.78 is 0. The van der Waals surface area contributed by atoms with E-state index in [-0.39, 0.29) is 36.8 Å². The van der Waals surface area contributed by atoms with Gasteiger partial charge in [-0.05, 0) is 57.2 Å². The summed E-state index contributed by atoms with van der Waals surface area (Å²) in [6.07, 6.45) is 5.94. The number of rotatable bonds is 5. The van der Waals surface area contributed by atoms with E-state index in [2.05, 4.69) is 36.3 Å². The van der Waals surface area contributed by atoms with E-state index in [0.717, 1.165) is 25.4 Å². The quantitative estimate of drug-likeness (QED) is 0.784. The van der Waals surface area contributed by atoms with Gasteiger partial charge in [-0.25, -0.2) is 0 Å². The first-order valence-electron chi connectivity index (χ1n) is 8.83. The molecule has 23 heavy (non-hydrogen) atoms. The fraction of sp³-hybridized carbons (Fsp3) is 0.941. The van der Waals surface area contributed by atoms with Gasteiger partial charge in [0.25, 0.3) is 0 Å². The zero-order chi connectivity index (χ0) is 15.2. The Morgan fingerprint density at radius 1 is 1.17 bits per heavy atom. The van der Waals surface area contributed by atoms with Crippen LogP contribution in [0.15, 0.2) is 0 Å². The maximum Gasteiger partial charge on any atom is 0.237 e. The summed E-state index contributed by atoms with van der Waals surface area (Å²) >= 11 is 0. The smallest absolute Gasteiger partial charge is 0.237 e. The Hall–Kier alpha value is -0.0300. The molecule has 0 radical (unpaired) electrons. The van der Waals surface area contributed by atoms with Gasteiger partial charge in [0, 0.05) is 12.6 Å². The Labute approximate surface area is 154 Å². The number of hydrogen-bond acceptors (Lipinski definition) is 3. The number of amides is 1. The average Bonchev–Trinajstić information content (AvgIpc) is 2.49. The Balaban J connectivity index is 0.00000242. The first-order valence-corrected chi connectivity index (χ1v) is 8.83. The number of carbonyl (C=O) groups excluding carboxylic acids is 1. The summed E-state index contributed by atoms with van der Waals surface area (Å²) in [5.74, 6) is 1.64. The maximum absolute atomic E-state index is 12.3. The van der Waals surface area contributed by atoms with Crippen molar-refractivity contribution in [3.05, 3.63) is 0 Å². The minimum Gasteiger partial charge on any atom is -0.353 e. The minimum absolute atomic E-state index is 0. The van der Waals surface area contributed by atoms with Crippen molar-refractivity contribution in [3.8, 4) is 0 Å². The Bertz CT molecular complexity index is 328. The monoisotopic (exact) mass is 367 g/mol. The molecule has 6 heteroatoms. The predicted octanol–water partition coefficient (Wildman–Crippen LogP) is 2.84. The zero-order valence-electron chi connectivity index (χ0n) is 14.8. The first-order chi connectivity index (χ1) is 10.1. The van der Waals surface area contributed by atoms with E-state index in [1.807, 2.05) is 0 Å². The third kappa shape index (κ3) is 7.16. The molecule has 0 aromatic carbocycles. The Morgan fingerprint density at radius 2 is 1.83 bits per heavy atom. The van der Waals surface area contributed by atoms with Gasteiger partial charge in [0.1, 0.15) is 0 Å². The van der Waals surface area contributed by atoms with Crippen LogP contribution in [0.2, 0.25) is 0 Å². The molecule has 2 aliphatic heterocycles. The molecule has 2 heterocycles. The lowest BCUT2D eigenvalue weighted by atomic mass is 9.94. The van der Waals surface area contributed by atoms with Crippen LogP contribution >= 0.6 is 24.8 Å². The lowest BCUT2D eigenvalue weighted by molar-refractivity contribution is -0.124. The van der Waals surface area contributed by atoms with Gasteiger partial charge in [0.2, 0.25) is 5.91 Å². The maximum atomic E-state index is 12.3. The highest BCUT2D eigenvalue weighted by atomic mass is 35.5. The third-order valence-electron chi connectivity index (χ3n) is 5.17. The summed E-state index contributed by atoms with van der Waals surface area (Å²) in [4.78, 5) is 14.9. The van der Waals surface area contributed by atoms with E-state index in [1.54, 1.807) is 0 Å². The summed E-state index contributed by atoms with van der Waals surface area (Å²) in [7, 11) is 0. The van der Waals surface area contributed by atoms with Crippen molar-refractivity contribution in [3.63, 3.8) is 0 Å². The summed E-state index contributed by atoms with van der Waals surface area (Å²) in [6.45, 7) is 11.0. The minimum atomic E-state index is 0. The highest BCUT2D eigenvalue weighted by molar-refractivity contribution is 5.85. The normalized spacial score (nSPS) is 24.4. The van der Waals surface area contributed by atoms with Crippen LogP contribution in [-0.4, -0.2) is 49.1 Å². The molecule has 2 rings (SSSR count). The van der Waals surface area contributed by atoms with Gasteiger partial charge in [-0.3, -0.25) is 9.69 Å². The third-order valence-corrected chi connectivity index (χ3v) is 5.17. The Kier molecular flexibility index (Phi) is 11.5. The van der Waals surface area contributed by atoms with Gasteiger partial charge in [-0.2, -0.15) is 0 Å². The van der Waals surface area contributed by atoms with Crippen LogP contribution in [0.25, 0.3) is 0 Å². The molecule has 0 spiro atoms. The molecule has 138 valence electrons. The van der Waals surface area contributed by atoms with Crippen molar-refractivity contribution < 1.29 is 4.79 Å². The van der Waals surface area contributed by atoms with Gasteiger partial charge < -0.3 is 10.6 Å². The van der Waals surface area contributed by atoms with Gasteiger partial charge >= 0.3 is 0 Å². The molecule has 2 N–H and O–H groups in total. The zero-order valence-corrected chi connectivity index (χ0v) is 16.5.